The Morgan fingerprint density at radius 3 is 2.52 bits per heavy atom. The van der Waals surface area contributed by atoms with Crippen LogP contribution in [0.15, 0.2) is 77.9 Å². The van der Waals surface area contributed by atoms with Crippen molar-refractivity contribution in [1.82, 2.24) is 5.01 Å². The van der Waals surface area contributed by atoms with Crippen molar-refractivity contribution < 1.29 is 14.6 Å². The van der Waals surface area contributed by atoms with Gasteiger partial charge < -0.3 is 9.84 Å². The summed E-state index contributed by atoms with van der Waals surface area (Å²) >= 11 is 6.12. The van der Waals surface area contributed by atoms with Crippen LogP contribution < -0.4 is 4.74 Å². The van der Waals surface area contributed by atoms with Gasteiger partial charge in [-0.15, -0.1) is 0 Å². The van der Waals surface area contributed by atoms with E-state index in [4.69, 9.17) is 16.3 Å². The third-order valence-electron chi connectivity index (χ3n) is 4.91. The van der Waals surface area contributed by atoms with Gasteiger partial charge in [0.15, 0.2) is 0 Å². The van der Waals surface area contributed by atoms with Crippen LogP contribution in [0.25, 0.3) is 0 Å². The SMILES string of the molecule is COc1ccc([C@H]2CC(c3cc(Cl)ccc3O)=NN2C(=O)c2ccccc2)cc1. The van der Waals surface area contributed by atoms with Gasteiger partial charge in [0.1, 0.15) is 11.5 Å². The lowest BCUT2D eigenvalue weighted by molar-refractivity contribution is 0.0711. The van der Waals surface area contributed by atoms with E-state index in [2.05, 4.69) is 5.10 Å². The maximum Gasteiger partial charge on any atom is 0.274 e. The normalized spacial score (nSPS) is 15.9. The number of phenols is 1. The van der Waals surface area contributed by atoms with Crippen molar-refractivity contribution in [2.24, 2.45) is 5.10 Å². The summed E-state index contributed by atoms with van der Waals surface area (Å²) in [6.45, 7) is 0. The molecule has 0 fully saturated rings. The van der Waals surface area contributed by atoms with Crippen LogP contribution >= 0.6 is 11.6 Å². The van der Waals surface area contributed by atoms with E-state index in [0.29, 0.717) is 28.3 Å². The Kier molecular flexibility index (Phi) is 5.23. The molecule has 1 aliphatic heterocycles. The first kappa shape index (κ1) is 19.0. The summed E-state index contributed by atoms with van der Waals surface area (Å²) in [6, 6.07) is 21.1. The van der Waals surface area contributed by atoms with Gasteiger partial charge in [0.2, 0.25) is 0 Å². The zero-order valence-electron chi connectivity index (χ0n) is 15.7. The number of amides is 1. The third kappa shape index (κ3) is 3.82. The molecule has 5 nitrogen and oxygen atoms in total. The van der Waals surface area contributed by atoms with Gasteiger partial charge in [-0.25, -0.2) is 5.01 Å². The van der Waals surface area contributed by atoms with Crippen LogP contribution in [0.3, 0.4) is 0 Å². The molecular weight excluding hydrogens is 388 g/mol. The molecule has 0 bridgehead atoms. The zero-order chi connectivity index (χ0) is 20.4. The van der Waals surface area contributed by atoms with E-state index in [1.165, 1.54) is 11.1 Å². The molecule has 1 atom stereocenters. The van der Waals surface area contributed by atoms with Crippen LogP contribution in [0, 0.1) is 0 Å². The molecule has 0 unspecified atom stereocenters. The average molecular weight is 407 g/mol. The fourth-order valence-corrected chi connectivity index (χ4v) is 3.57. The zero-order valence-corrected chi connectivity index (χ0v) is 16.5. The number of aromatic hydroxyl groups is 1. The number of hydrazone groups is 1. The average Bonchev–Trinajstić information content (AvgIpc) is 3.20. The summed E-state index contributed by atoms with van der Waals surface area (Å²) in [5, 5.41) is 16.9. The van der Waals surface area contributed by atoms with Gasteiger partial charge in [-0.1, -0.05) is 41.9 Å². The number of halogens is 1. The Balaban J connectivity index is 1.75. The van der Waals surface area contributed by atoms with Crippen molar-refractivity contribution in [2.45, 2.75) is 12.5 Å². The lowest BCUT2D eigenvalue weighted by Gasteiger charge is -2.22. The summed E-state index contributed by atoms with van der Waals surface area (Å²) < 4.78 is 5.24. The second-order valence-electron chi connectivity index (χ2n) is 6.72. The smallest absolute Gasteiger partial charge is 0.274 e. The Bertz CT molecular complexity index is 1070. The number of nitrogens with zero attached hydrogens (tertiary/aromatic N) is 2. The Hall–Kier alpha value is -3.31. The largest absolute Gasteiger partial charge is 0.507 e. The minimum Gasteiger partial charge on any atom is -0.507 e. The molecule has 3 aromatic rings. The molecule has 1 aliphatic rings. The Labute approximate surface area is 173 Å². The first-order valence-corrected chi connectivity index (χ1v) is 9.53. The number of hydrogen-bond acceptors (Lipinski definition) is 4. The first-order valence-electron chi connectivity index (χ1n) is 9.16. The van der Waals surface area contributed by atoms with Gasteiger partial charge in [0, 0.05) is 22.6 Å². The van der Waals surface area contributed by atoms with E-state index in [0.717, 1.165) is 11.3 Å². The van der Waals surface area contributed by atoms with Crippen LogP contribution in [-0.4, -0.2) is 28.8 Å². The molecule has 146 valence electrons. The standard InChI is InChI=1S/C23H19ClN2O3/c1-29-18-10-7-15(8-11-18)21-14-20(19-13-17(24)9-12-22(19)27)25-26(21)23(28)16-5-3-2-4-6-16/h2-13,21,27H,14H2,1H3/t21-/m1/s1. The fraction of sp³-hybridized carbons (Fsp3) is 0.130. The second-order valence-corrected chi connectivity index (χ2v) is 7.15. The van der Waals surface area contributed by atoms with Crippen molar-refractivity contribution >= 4 is 23.2 Å². The number of ether oxygens (including phenoxy) is 1. The predicted molar refractivity (Wildman–Crippen MR) is 113 cm³/mol. The van der Waals surface area contributed by atoms with Gasteiger partial charge in [-0.05, 0) is 48.0 Å². The van der Waals surface area contributed by atoms with Crippen LogP contribution in [0.1, 0.15) is 33.9 Å². The lowest BCUT2D eigenvalue weighted by Crippen LogP contribution is -2.27. The molecule has 1 heterocycles. The lowest BCUT2D eigenvalue weighted by atomic mass is 9.97. The Morgan fingerprint density at radius 2 is 1.83 bits per heavy atom. The molecular formula is C23H19ClN2O3. The second kappa shape index (κ2) is 7.97. The highest BCUT2D eigenvalue weighted by molar-refractivity contribution is 6.31. The number of phenolic OH excluding ortho intramolecular Hbond substituents is 1. The minimum absolute atomic E-state index is 0.0793. The fourth-order valence-electron chi connectivity index (χ4n) is 3.40. The molecule has 6 heteroatoms. The predicted octanol–water partition coefficient (Wildman–Crippen LogP) is 5.05. The van der Waals surface area contributed by atoms with Gasteiger partial charge >= 0.3 is 0 Å². The molecule has 1 amide bonds. The van der Waals surface area contributed by atoms with Crippen molar-refractivity contribution in [3.63, 3.8) is 0 Å². The maximum absolute atomic E-state index is 13.2. The van der Waals surface area contributed by atoms with E-state index in [1.54, 1.807) is 31.4 Å². The van der Waals surface area contributed by atoms with E-state index >= 15 is 0 Å². The topological polar surface area (TPSA) is 62.1 Å². The molecule has 4 rings (SSSR count). The van der Waals surface area contributed by atoms with E-state index in [9.17, 15) is 9.90 Å². The van der Waals surface area contributed by atoms with Gasteiger partial charge in [-0.3, -0.25) is 4.79 Å². The number of hydrogen-bond donors (Lipinski definition) is 1. The summed E-state index contributed by atoms with van der Waals surface area (Å²) in [7, 11) is 1.61. The molecule has 3 aromatic carbocycles. The molecule has 0 saturated heterocycles. The van der Waals surface area contributed by atoms with E-state index < -0.39 is 0 Å². The number of methoxy groups -OCH3 is 1. The van der Waals surface area contributed by atoms with E-state index in [-0.39, 0.29) is 17.7 Å². The van der Waals surface area contributed by atoms with Crippen molar-refractivity contribution in [3.8, 4) is 11.5 Å². The molecule has 0 radical (unpaired) electrons. The first-order chi connectivity index (χ1) is 14.1. The molecule has 0 saturated carbocycles. The highest BCUT2D eigenvalue weighted by atomic mass is 35.5. The third-order valence-corrected chi connectivity index (χ3v) is 5.14. The number of rotatable bonds is 4. The van der Waals surface area contributed by atoms with Crippen LogP contribution in [-0.2, 0) is 0 Å². The Morgan fingerprint density at radius 1 is 1.10 bits per heavy atom. The molecule has 1 N–H and O–H groups in total. The molecule has 0 aromatic heterocycles. The molecule has 0 spiro atoms. The highest BCUT2D eigenvalue weighted by Gasteiger charge is 2.34. The minimum atomic E-state index is -0.304. The molecule has 0 aliphatic carbocycles. The number of carbonyl (C=O) groups is 1. The van der Waals surface area contributed by atoms with Crippen molar-refractivity contribution in [2.75, 3.05) is 7.11 Å². The number of carbonyl (C=O) groups excluding carboxylic acids is 1. The molecule has 29 heavy (non-hydrogen) atoms. The van der Waals surface area contributed by atoms with Crippen LogP contribution in [0.5, 0.6) is 11.5 Å². The number of benzene rings is 3. The van der Waals surface area contributed by atoms with E-state index in [1.807, 2.05) is 42.5 Å². The summed E-state index contributed by atoms with van der Waals surface area (Å²) in [6.07, 6.45) is 0.457. The summed E-state index contributed by atoms with van der Waals surface area (Å²) in [4.78, 5) is 13.2. The quantitative estimate of drug-likeness (QED) is 0.659. The van der Waals surface area contributed by atoms with Crippen LogP contribution in [0.2, 0.25) is 5.02 Å². The van der Waals surface area contributed by atoms with Crippen molar-refractivity contribution in [3.05, 3.63) is 94.5 Å². The van der Waals surface area contributed by atoms with Crippen LogP contribution in [0.4, 0.5) is 0 Å². The van der Waals surface area contributed by atoms with Gasteiger partial charge in [0.05, 0.1) is 18.9 Å². The van der Waals surface area contributed by atoms with Crippen molar-refractivity contribution in [1.29, 1.82) is 0 Å². The van der Waals surface area contributed by atoms with Gasteiger partial charge in [-0.2, -0.15) is 5.10 Å². The summed E-state index contributed by atoms with van der Waals surface area (Å²) in [5.41, 5.74) is 2.61. The summed E-state index contributed by atoms with van der Waals surface area (Å²) in [5.74, 6) is 0.611. The monoisotopic (exact) mass is 406 g/mol. The maximum atomic E-state index is 13.2. The van der Waals surface area contributed by atoms with Gasteiger partial charge in [0.25, 0.3) is 5.91 Å². The highest BCUT2D eigenvalue weighted by Crippen LogP contribution is 2.36.